The molecule has 0 nitrogen and oxygen atoms in total. The Morgan fingerprint density at radius 3 is 1.42 bits per heavy atom. The molecule has 180 valence electrons. The van der Waals surface area contributed by atoms with Gasteiger partial charge in [0.05, 0.1) is 5.56 Å². The van der Waals surface area contributed by atoms with Crippen molar-refractivity contribution in [2.24, 2.45) is 0 Å². The molecule has 0 heterocycles. The van der Waals surface area contributed by atoms with Crippen molar-refractivity contribution in [1.29, 1.82) is 0 Å². The highest BCUT2D eigenvalue weighted by Crippen LogP contribution is 2.47. The molecule has 0 radical (unpaired) electrons. The van der Waals surface area contributed by atoms with Gasteiger partial charge in [-0.15, -0.1) is 0 Å². The van der Waals surface area contributed by atoms with Gasteiger partial charge in [-0.1, -0.05) is 41.2 Å². The summed E-state index contributed by atoms with van der Waals surface area (Å²) in [6.07, 6.45) is 0.142. The highest BCUT2D eigenvalue weighted by atomic mass is 19.2. The average molecular weight is 476 g/mol. The van der Waals surface area contributed by atoms with Gasteiger partial charge >= 0.3 is 0 Å². The molecule has 1 aliphatic rings. The van der Waals surface area contributed by atoms with Crippen LogP contribution in [0.25, 0.3) is 5.57 Å². The van der Waals surface area contributed by atoms with Crippen molar-refractivity contribution < 1.29 is 35.1 Å². The monoisotopic (exact) mass is 476 g/mol. The molecule has 3 rings (SSSR count). The Morgan fingerprint density at radius 1 is 0.667 bits per heavy atom. The first kappa shape index (κ1) is 25.2. The zero-order chi connectivity index (χ0) is 25.2. The van der Waals surface area contributed by atoms with Gasteiger partial charge in [0.15, 0.2) is 46.5 Å². The van der Waals surface area contributed by atoms with Gasteiger partial charge in [0.25, 0.3) is 0 Å². The minimum Gasteiger partial charge on any atom is -0.203 e. The van der Waals surface area contributed by atoms with Crippen molar-refractivity contribution in [2.45, 2.75) is 70.6 Å². The molecular weight excluding hydrogens is 452 g/mol. The Hall–Kier alpha value is -2.38. The summed E-state index contributed by atoms with van der Waals surface area (Å²) in [5.74, 6) is -13.5. The number of allylic oxidation sites excluding steroid dienone is 1. The second-order valence-corrected chi connectivity index (χ2v) is 10.2. The lowest BCUT2D eigenvalue weighted by Crippen LogP contribution is -2.25. The third-order valence-corrected chi connectivity index (χ3v) is 5.98. The van der Waals surface area contributed by atoms with E-state index in [1.807, 2.05) is 0 Å². The maximum atomic E-state index is 14.8. The summed E-state index contributed by atoms with van der Waals surface area (Å²) < 4.78 is 118. The van der Waals surface area contributed by atoms with E-state index in [2.05, 4.69) is 6.58 Å². The summed E-state index contributed by atoms with van der Waals surface area (Å²) in [7, 11) is 0. The predicted molar refractivity (Wildman–Crippen MR) is 110 cm³/mol. The molecule has 0 saturated heterocycles. The second kappa shape index (κ2) is 8.13. The van der Waals surface area contributed by atoms with Crippen LogP contribution in [-0.2, 0) is 10.8 Å². The zero-order valence-electron chi connectivity index (χ0n) is 18.9. The summed E-state index contributed by atoms with van der Waals surface area (Å²) in [6.45, 7) is 9.91. The van der Waals surface area contributed by atoms with Crippen molar-refractivity contribution in [1.82, 2.24) is 0 Å². The molecule has 1 saturated carbocycles. The smallest absolute Gasteiger partial charge is 0.169 e. The second-order valence-electron chi connectivity index (χ2n) is 10.2. The zero-order valence-corrected chi connectivity index (χ0v) is 18.9. The van der Waals surface area contributed by atoms with E-state index in [9.17, 15) is 35.1 Å². The van der Waals surface area contributed by atoms with Crippen molar-refractivity contribution in [3.63, 3.8) is 0 Å². The van der Waals surface area contributed by atoms with Crippen molar-refractivity contribution in [3.8, 4) is 0 Å². The van der Waals surface area contributed by atoms with E-state index in [0.717, 1.165) is 0 Å². The summed E-state index contributed by atoms with van der Waals surface area (Å²) in [4.78, 5) is 0. The number of halogens is 8. The van der Waals surface area contributed by atoms with Crippen LogP contribution in [0.2, 0.25) is 0 Å². The molecule has 1 aliphatic carbocycles. The van der Waals surface area contributed by atoms with Crippen LogP contribution in [0.3, 0.4) is 0 Å². The van der Waals surface area contributed by atoms with Gasteiger partial charge in [-0.25, -0.2) is 35.1 Å². The number of rotatable bonds is 5. The molecule has 0 spiro atoms. The van der Waals surface area contributed by atoms with Crippen LogP contribution in [0.5, 0.6) is 0 Å². The van der Waals surface area contributed by atoms with Crippen molar-refractivity contribution in [2.75, 3.05) is 0 Å². The molecule has 0 atom stereocenters. The fourth-order valence-corrected chi connectivity index (χ4v) is 4.28. The number of benzene rings is 2. The topological polar surface area (TPSA) is 0 Å². The summed E-state index contributed by atoms with van der Waals surface area (Å²) in [5, 5.41) is 0. The first-order valence-electron chi connectivity index (χ1n) is 10.4. The fraction of sp³-hybridized carbons (Fsp3) is 0.440. The largest absolute Gasteiger partial charge is 0.203 e. The minimum atomic E-state index is -1.77. The summed E-state index contributed by atoms with van der Waals surface area (Å²) >= 11 is 0. The number of hydrogen-bond acceptors (Lipinski definition) is 0. The molecule has 0 N–H and O–H groups in total. The van der Waals surface area contributed by atoms with Crippen LogP contribution < -0.4 is 0 Å². The van der Waals surface area contributed by atoms with Crippen LogP contribution in [0, 0.1) is 46.5 Å². The molecule has 8 heteroatoms. The van der Waals surface area contributed by atoms with E-state index in [0.29, 0.717) is 12.8 Å². The number of hydrogen-bond donors (Lipinski definition) is 0. The lowest BCUT2D eigenvalue weighted by atomic mass is 9.76. The maximum absolute atomic E-state index is 14.8. The fourth-order valence-electron chi connectivity index (χ4n) is 4.28. The van der Waals surface area contributed by atoms with Gasteiger partial charge < -0.3 is 0 Å². The van der Waals surface area contributed by atoms with Crippen molar-refractivity contribution >= 4 is 5.57 Å². The molecule has 2 aromatic rings. The van der Waals surface area contributed by atoms with E-state index in [1.54, 1.807) is 0 Å². The Labute approximate surface area is 187 Å². The van der Waals surface area contributed by atoms with E-state index < -0.39 is 97.5 Å². The summed E-state index contributed by atoms with van der Waals surface area (Å²) in [5.41, 5.74) is -7.13. The normalized spacial score (nSPS) is 14.7. The highest BCUT2D eigenvalue weighted by Gasteiger charge is 2.40. The van der Waals surface area contributed by atoms with Crippen LogP contribution in [0.4, 0.5) is 35.1 Å². The lowest BCUT2D eigenvalue weighted by molar-refractivity contribution is 0.383. The van der Waals surface area contributed by atoms with E-state index in [1.165, 1.54) is 34.6 Å². The van der Waals surface area contributed by atoms with Crippen LogP contribution >= 0.6 is 0 Å². The average Bonchev–Trinajstić information content (AvgIpc) is 3.49. The molecule has 0 amide bonds. The quantitative estimate of drug-likeness (QED) is 0.301. The van der Waals surface area contributed by atoms with Crippen LogP contribution in [0.1, 0.15) is 82.1 Å². The molecule has 0 bridgehead atoms. The third-order valence-electron chi connectivity index (χ3n) is 5.98. The minimum absolute atomic E-state index is 0.395. The molecule has 33 heavy (non-hydrogen) atoms. The van der Waals surface area contributed by atoms with E-state index >= 15 is 0 Å². The first-order chi connectivity index (χ1) is 15.0. The highest BCUT2D eigenvalue weighted by molar-refractivity contribution is 5.67. The SMILES string of the molecule is C=C(CC(C)(C)c1c(F)c(F)c(C2CC2)c(F)c1F)c1c(F)c(F)c(C(C)(C)C)c(F)c1F. The molecule has 0 aromatic heterocycles. The van der Waals surface area contributed by atoms with Gasteiger partial charge in [0.2, 0.25) is 0 Å². The standard InChI is InChI=1S/C25H24F8/c1-10(12-16(26)20(30)14(24(2,3)4)21(31)17(12)27)9-25(5,6)15-22(32)18(28)13(11-7-8-11)19(29)23(15)33/h11H,1,7-9H2,2-6H3. The lowest BCUT2D eigenvalue weighted by Gasteiger charge is -2.29. The van der Waals surface area contributed by atoms with Crippen molar-refractivity contribution in [3.05, 3.63) is 75.4 Å². The Bertz CT molecular complexity index is 1090. The van der Waals surface area contributed by atoms with Gasteiger partial charge in [0.1, 0.15) is 0 Å². The van der Waals surface area contributed by atoms with E-state index in [4.69, 9.17) is 0 Å². The predicted octanol–water partition coefficient (Wildman–Crippen LogP) is 8.36. The molecule has 0 unspecified atom stereocenters. The first-order valence-corrected chi connectivity index (χ1v) is 10.4. The molecule has 1 fully saturated rings. The Kier molecular flexibility index (Phi) is 6.22. The van der Waals surface area contributed by atoms with Crippen LogP contribution in [0.15, 0.2) is 6.58 Å². The van der Waals surface area contributed by atoms with Gasteiger partial charge in [-0.3, -0.25) is 0 Å². The molecular formula is C25H24F8. The maximum Gasteiger partial charge on any atom is 0.169 e. The van der Waals surface area contributed by atoms with Gasteiger partial charge in [0, 0.05) is 16.7 Å². The third kappa shape index (κ3) is 4.17. The van der Waals surface area contributed by atoms with Crippen LogP contribution in [-0.4, -0.2) is 0 Å². The molecule has 2 aromatic carbocycles. The van der Waals surface area contributed by atoms with E-state index in [-0.39, 0.29) is 0 Å². The Morgan fingerprint density at radius 2 is 1.06 bits per heavy atom. The van der Waals surface area contributed by atoms with Gasteiger partial charge in [-0.2, -0.15) is 0 Å². The van der Waals surface area contributed by atoms with Gasteiger partial charge in [-0.05, 0) is 41.6 Å². The molecule has 0 aliphatic heterocycles. The Balaban J connectivity index is 2.09. The summed E-state index contributed by atoms with van der Waals surface area (Å²) in [6, 6.07) is 0.